The van der Waals surface area contributed by atoms with E-state index in [0.717, 1.165) is 48.4 Å². The molecule has 34 heteroatoms. The maximum atomic E-state index is 6.61. The molecule has 6 atom stereocenters. The van der Waals surface area contributed by atoms with E-state index in [2.05, 4.69) is 72.0 Å². The fourth-order valence-electron chi connectivity index (χ4n) is 6.14. The van der Waals surface area contributed by atoms with Gasteiger partial charge in [0.2, 0.25) is 0 Å². The van der Waals surface area contributed by atoms with E-state index in [-0.39, 0.29) is 0 Å². The van der Waals surface area contributed by atoms with Crippen LogP contribution in [0.4, 0.5) is 0 Å². The van der Waals surface area contributed by atoms with Crippen LogP contribution in [-0.2, 0) is 65.8 Å². The van der Waals surface area contributed by atoms with Crippen molar-refractivity contribution in [3.8, 4) is 0 Å². The van der Waals surface area contributed by atoms with Gasteiger partial charge in [0.1, 0.15) is 29.3 Å². The van der Waals surface area contributed by atoms with Crippen molar-refractivity contribution >= 4 is 168 Å². The van der Waals surface area contributed by atoms with E-state index in [0.29, 0.717) is 0 Å². The standard InChI is InChI=1S/C19H70O16Si18.5C2H6/c1-41-24-43(3)28-49(29-44(4)25-41)15-12-36-20-39-21-38-14-18-53(11)34-47(7)32-50(33-48(8)35-53)16-13-37-22-40-23-52(9,10)19-17-51-30-45(5)26-42(2)27-46(6)31-51;5*1-2/h41-51H,12-19,36-40H2,1-11H3;5*1-2H3. The fraction of sp³-hybridized carbons (Fsp3) is 1.00. The third-order valence-electron chi connectivity index (χ3n) is 8.48. The highest BCUT2D eigenvalue weighted by Gasteiger charge is 2.40. The van der Waals surface area contributed by atoms with E-state index >= 15 is 0 Å². The fourth-order valence-corrected chi connectivity index (χ4v) is 63.7. The highest BCUT2D eigenvalue weighted by atomic mass is 28.5. The first-order valence-corrected chi connectivity index (χ1v) is 59.1. The zero-order valence-corrected chi connectivity index (χ0v) is 65.8. The molecule has 0 radical (unpaired) electrons. The van der Waals surface area contributed by atoms with Crippen LogP contribution in [0.2, 0.25) is 120 Å². The van der Waals surface area contributed by atoms with Gasteiger partial charge in [0.15, 0.2) is 8.32 Å². The molecule has 0 saturated carbocycles. The summed E-state index contributed by atoms with van der Waals surface area (Å²) < 4.78 is 99.9. The lowest BCUT2D eigenvalue weighted by Crippen LogP contribution is -2.53. The maximum absolute atomic E-state index is 6.61. The van der Waals surface area contributed by atoms with Crippen molar-refractivity contribution in [1.29, 1.82) is 0 Å². The first-order chi connectivity index (χ1) is 30.1. The molecular weight excluding hydrogens is 1110 g/mol. The molecule has 384 valence electrons. The van der Waals surface area contributed by atoms with Crippen molar-refractivity contribution in [2.75, 3.05) is 0 Å². The largest absolute Gasteiger partial charge is 0.446 e. The molecule has 3 heterocycles. The van der Waals surface area contributed by atoms with Crippen molar-refractivity contribution in [1.82, 2.24) is 0 Å². The normalized spacial score (nSPS) is 32.4. The summed E-state index contributed by atoms with van der Waals surface area (Å²) in [5.41, 5.74) is 0. The highest BCUT2D eigenvalue weighted by Crippen LogP contribution is 2.24. The van der Waals surface area contributed by atoms with Gasteiger partial charge in [-0.1, -0.05) is 69.2 Å². The van der Waals surface area contributed by atoms with Crippen molar-refractivity contribution in [3.63, 3.8) is 0 Å². The van der Waals surface area contributed by atoms with E-state index in [1.54, 1.807) is 0 Å². The second-order valence-corrected chi connectivity index (χ2v) is 57.2. The molecule has 0 amide bonds. The Morgan fingerprint density at radius 2 is 0.714 bits per heavy atom. The Morgan fingerprint density at radius 3 is 1.10 bits per heavy atom. The Bertz CT molecular complexity index is 968. The van der Waals surface area contributed by atoms with Crippen LogP contribution in [0.25, 0.3) is 0 Å². The van der Waals surface area contributed by atoms with Crippen molar-refractivity contribution < 1.29 is 65.8 Å². The highest BCUT2D eigenvalue weighted by molar-refractivity contribution is 6.82. The van der Waals surface area contributed by atoms with Gasteiger partial charge in [-0.25, -0.2) is 0 Å². The average Bonchev–Trinajstić information content (AvgIpc) is 3.22. The van der Waals surface area contributed by atoms with Gasteiger partial charge in [-0.05, 0) is 120 Å². The topological polar surface area (TPSA) is 148 Å². The van der Waals surface area contributed by atoms with Gasteiger partial charge in [0.05, 0.1) is 0 Å². The minimum absolute atomic E-state index is 0.604. The van der Waals surface area contributed by atoms with Crippen molar-refractivity contribution in [2.45, 2.75) is 190 Å². The molecule has 16 nitrogen and oxygen atoms in total. The van der Waals surface area contributed by atoms with Crippen molar-refractivity contribution in [2.24, 2.45) is 0 Å². The Labute approximate surface area is 420 Å². The molecule has 0 aromatic heterocycles. The lowest BCUT2D eigenvalue weighted by atomic mass is 10.9. The number of hydrogen-bond donors (Lipinski definition) is 0. The molecule has 0 aromatic rings. The van der Waals surface area contributed by atoms with Gasteiger partial charge in [-0.3, -0.25) is 0 Å². The second-order valence-electron chi connectivity index (χ2n) is 14.4. The minimum atomic E-state index is -2.34. The zero-order chi connectivity index (χ0) is 48.9. The van der Waals surface area contributed by atoms with Crippen LogP contribution in [0.5, 0.6) is 0 Å². The lowest BCUT2D eigenvalue weighted by molar-refractivity contribution is 0.272. The maximum Gasteiger partial charge on any atom is 0.316 e. The van der Waals surface area contributed by atoms with Crippen LogP contribution in [0.3, 0.4) is 0 Å². The first-order valence-electron chi connectivity index (χ1n) is 24.4. The monoisotopic (exact) mass is 1210 g/mol. The SMILES string of the molecule is CC.CC.CC.CC.CC.C[SiH]1O[SiH](C)O[SiH](CC[SiH2]O[SiH2]O[SiH2]CC[Si]2(C)O[SiH](C)O[SiH](CC[SiH2]O[SiH2]O[Si](C)(C)CC[SiH]3O[SiH](C)O[SiH](C)O[SiH](C)O3)O[SiH](C)O2)O[SiH](C)O1. The first kappa shape index (κ1) is 70.5. The van der Waals surface area contributed by atoms with Gasteiger partial charge in [0, 0.05) is 0 Å². The van der Waals surface area contributed by atoms with Crippen LogP contribution in [0, 0.1) is 0 Å². The molecule has 63 heavy (non-hydrogen) atoms. The quantitative estimate of drug-likeness (QED) is 0.129. The molecule has 3 fully saturated rings. The summed E-state index contributed by atoms with van der Waals surface area (Å²) in [5.74, 6) is 0. The third-order valence-corrected chi connectivity index (χ3v) is 63.2. The van der Waals surface area contributed by atoms with E-state index in [9.17, 15) is 0 Å². The summed E-state index contributed by atoms with van der Waals surface area (Å²) in [4.78, 5) is 0. The van der Waals surface area contributed by atoms with Gasteiger partial charge >= 0.3 is 36.4 Å². The van der Waals surface area contributed by atoms with Crippen LogP contribution in [-0.4, -0.2) is 168 Å². The number of hydrogen-bond acceptors (Lipinski definition) is 16. The average molecular weight is 1210 g/mol. The molecule has 0 aromatic carbocycles. The van der Waals surface area contributed by atoms with Crippen LogP contribution >= 0.6 is 0 Å². The lowest BCUT2D eigenvalue weighted by Gasteiger charge is -2.37. The van der Waals surface area contributed by atoms with E-state index in [1.807, 2.05) is 69.2 Å². The van der Waals surface area contributed by atoms with Gasteiger partial charge in [-0.15, -0.1) is 0 Å². The molecule has 3 aliphatic rings. The van der Waals surface area contributed by atoms with Crippen molar-refractivity contribution in [3.05, 3.63) is 0 Å². The zero-order valence-electron chi connectivity index (χ0n) is 44.1. The van der Waals surface area contributed by atoms with Crippen LogP contribution in [0.1, 0.15) is 69.2 Å². The molecule has 3 saturated heterocycles. The Kier molecular flexibility index (Phi) is 50.5. The second kappa shape index (κ2) is 45.1. The summed E-state index contributed by atoms with van der Waals surface area (Å²) in [5, 5.41) is 0. The molecule has 0 bridgehead atoms. The Morgan fingerprint density at radius 1 is 0.413 bits per heavy atom. The molecule has 0 N–H and O–H groups in total. The smallest absolute Gasteiger partial charge is 0.316 e. The minimum Gasteiger partial charge on any atom is -0.446 e. The summed E-state index contributed by atoms with van der Waals surface area (Å²) in [6.07, 6.45) is 0. The van der Waals surface area contributed by atoms with Gasteiger partial charge in [-0.2, -0.15) is 0 Å². The number of rotatable bonds is 20. The Hall–Kier alpha value is 3.26. The molecular formula is C29H100O16Si18. The molecule has 0 spiro atoms. The summed E-state index contributed by atoms with van der Waals surface area (Å²) >= 11 is 0. The van der Waals surface area contributed by atoms with Gasteiger partial charge < -0.3 is 65.8 Å². The Balaban J connectivity index is -0.00000335. The van der Waals surface area contributed by atoms with E-state index < -0.39 is 168 Å². The summed E-state index contributed by atoms with van der Waals surface area (Å²) in [6.45, 7) is 43.5. The molecule has 0 aliphatic carbocycles. The van der Waals surface area contributed by atoms with Crippen LogP contribution < -0.4 is 0 Å². The van der Waals surface area contributed by atoms with E-state index in [4.69, 9.17) is 65.8 Å². The summed E-state index contributed by atoms with van der Waals surface area (Å²) in [7, 11) is -26.7. The molecule has 6 unspecified atom stereocenters. The van der Waals surface area contributed by atoms with Gasteiger partial charge in [0.25, 0.3) is 94.3 Å². The van der Waals surface area contributed by atoms with Crippen LogP contribution in [0.15, 0.2) is 0 Å². The third kappa shape index (κ3) is 38.6. The summed E-state index contributed by atoms with van der Waals surface area (Å²) in [6, 6.07) is 8.03. The predicted molar refractivity (Wildman–Crippen MR) is 310 cm³/mol. The predicted octanol–water partition coefficient (Wildman–Crippen LogP) is 1.67. The molecule has 3 rings (SSSR count). The van der Waals surface area contributed by atoms with E-state index in [1.165, 1.54) is 0 Å². The molecule has 3 aliphatic heterocycles.